The predicted octanol–water partition coefficient (Wildman–Crippen LogP) is 3.21. The van der Waals surface area contributed by atoms with E-state index < -0.39 is 6.61 Å². The summed E-state index contributed by atoms with van der Waals surface area (Å²) in [7, 11) is 1.64. The first-order valence-corrected chi connectivity index (χ1v) is 8.31. The molecular formula is C17H16BrF2N3O2. The maximum Gasteiger partial charge on any atom is 0.387 e. The molecule has 2 N–H and O–H groups in total. The third-order valence-electron chi connectivity index (χ3n) is 4.02. The molecule has 0 bridgehead atoms. The van der Waals surface area contributed by atoms with Crippen molar-refractivity contribution in [3.63, 3.8) is 0 Å². The summed E-state index contributed by atoms with van der Waals surface area (Å²) < 4.78 is 34.0. The quantitative estimate of drug-likeness (QED) is 0.700. The summed E-state index contributed by atoms with van der Waals surface area (Å²) in [6, 6.07) is 10.2. The van der Waals surface area contributed by atoms with Crippen LogP contribution in [0, 0.1) is 0 Å². The Morgan fingerprint density at radius 1 is 1.24 bits per heavy atom. The van der Waals surface area contributed by atoms with E-state index in [1.54, 1.807) is 36.0 Å². The number of fused-ring (bicyclic) bond motifs is 1. The van der Waals surface area contributed by atoms with Crippen LogP contribution in [-0.4, -0.2) is 16.0 Å². The van der Waals surface area contributed by atoms with Gasteiger partial charge >= 0.3 is 6.61 Å². The molecule has 0 atom stereocenters. The first-order valence-electron chi connectivity index (χ1n) is 7.52. The molecule has 0 fully saturated rings. The van der Waals surface area contributed by atoms with Gasteiger partial charge in [0.2, 0.25) is 0 Å². The summed E-state index contributed by atoms with van der Waals surface area (Å²) in [6.07, 6.45) is 0. The second kappa shape index (κ2) is 6.97. The highest BCUT2D eigenvalue weighted by atomic mass is 79.9. The van der Waals surface area contributed by atoms with Crippen LogP contribution in [0.1, 0.15) is 11.1 Å². The summed E-state index contributed by atoms with van der Waals surface area (Å²) >= 11 is 3.39. The van der Waals surface area contributed by atoms with E-state index in [1.165, 1.54) is 10.7 Å². The highest BCUT2D eigenvalue weighted by molar-refractivity contribution is 9.10. The third kappa shape index (κ3) is 3.45. The lowest BCUT2D eigenvalue weighted by molar-refractivity contribution is -0.0505. The maximum atomic E-state index is 12.7. The van der Waals surface area contributed by atoms with E-state index in [0.29, 0.717) is 16.5 Å². The fraction of sp³-hybridized carbons (Fsp3) is 0.235. The van der Waals surface area contributed by atoms with Crippen LogP contribution in [0.5, 0.6) is 5.75 Å². The van der Waals surface area contributed by atoms with Crippen molar-refractivity contribution in [2.75, 3.05) is 0 Å². The Labute approximate surface area is 150 Å². The fourth-order valence-electron chi connectivity index (χ4n) is 2.79. The van der Waals surface area contributed by atoms with Crippen LogP contribution in [0.15, 0.2) is 45.7 Å². The van der Waals surface area contributed by atoms with Gasteiger partial charge in [0.15, 0.2) is 0 Å². The van der Waals surface area contributed by atoms with Gasteiger partial charge < -0.3 is 10.5 Å². The van der Waals surface area contributed by atoms with Gasteiger partial charge in [0, 0.05) is 23.6 Å². The van der Waals surface area contributed by atoms with Gasteiger partial charge in [-0.15, -0.1) is 0 Å². The van der Waals surface area contributed by atoms with E-state index in [1.807, 2.05) is 6.07 Å². The number of benzene rings is 2. The Hall–Kier alpha value is -2.19. The van der Waals surface area contributed by atoms with Crippen LogP contribution < -0.4 is 16.0 Å². The lowest BCUT2D eigenvalue weighted by atomic mass is 10.1. The van der Waals surface area contributed by atoms with Crippen LogP contribution in [0.3, 0.4) is 0 Å². The topological polar surface area (TPSA) is 62.2 Å². The van der Waals surface area contributed by atoms with E-state index in [4.69, 9.17) is 5.73 Å². The summed E-state index contributed by atoms with van der Waals surface area (Å²) in [5, 5.41) is 0.553. The van der Waals surface area contributed by atoms with Gasteiger partial charge in [-0.05, 0) is 35.9 Å². The van der Waals surface area contributed by atoms with Crippen LogP contribution in [0.4, 0.5) is 8.78 Å². The van der Waals surface area contributed by atoms with E-state index >= 15 is 0 Å². The van der Waals surface area contributed by atoms with Crippen molar-refractivity contribution in [2.24, 2.45) is 12.8 Å². The lowest BCUT2D eigenvalue weighted by Crippen LogP contribution is -2.20. The molecule has 2 aromatic carbocycles. The molecule has 0 aliphatic heterocycles. The minimum absolute atomic E-state index is 0.0662. The standard InChI is InChI=1S/C17H16BrF2N3O2/c1-22-16(24)13-4-3-12(18)7-14(13)23(22)9-11-6-10(8-21)2-5-15(11)25-17(19)20/h2-7,17H,8-9,21H2,1H3. The first-order chi connectivity index (χ1) is 11.9. The molecule has 25 heavy (non-hydrogen) atoms. The molecule has 0 aliphatic rings. The largest absolute Gasteiger partial charge is 0.434 e. The summed E-state index contributed by atoms with van der Waals surface area (Å²) in [4.78, 5) is 12.4. The smallest absolute Gasteiger partial charge is 0.387 e. The van der Waals surface area contributed by atoms with E-state index in [2.05, 4.69) is 20.7 Å². The molecule has 3 aromatic rings. The fourth-order valence-corrected chi connectivity index (χ4v) is 3.14. The average molecular weight is 412 g/mol. The Balaban J connectivity index is 2.14. The number of halogens is 3. The van der Waals surface area contributed by atoms with Gasteiger partial charge in [-0.1, -0.05) is 22.0 Å². The zero-order chi connectivity index (χ0) is 18.1. The van der Waals surface area contributed by atoms with Crippen molar-refractivity contribution in [1.29, 1.82) is 0 Å². The number of hydrogen-bond acceptors (Lipinski definition) is 3. The van der Waals surface area contributed by atoms with E-state index in [9.17, 15) is 13.6 Å². The molecule has 5 nitrogen and oxygen atoms in total. The number of alkyl halides is 2. The molecule has 8 heteroatoms. The summed E-state index contributed by atoms with van der Waals surface area (Å²) in [5.74, 6) is 0.0662. The minimum atomic E-state index is -2.93. The second-order valence-corrected chi connectivity index (χ2v) is 6.49. The van der Waals surface area contributed by atoms with Gasteiger partial charge in [0.05, 0.1) is 17.4 Å². The van der Waals surface area contributed by atoms with Crippen molar-refractivity contribution in [2.45, 2.75) is 19.7 Å². The molecule has 0 aliphatic carbocycles. The molecule has 0 amide bonds. The lowest BCUT2D eigenvalue weighted by Gasteiger charge is -2.15. The SMILES string of the molecule is Cn1c(=O)c2ccc(Br)cc2n1Cc1cc(CN)ccc1OC(F)F. The average Bonchev–Trinajstić information content (AvgIpc) is 2.80. The highest BCUT2D eigenvalue weighted by Crippen LogP contribution is 2.25. The van der Waals surface area contributed by atoms with E-state index in [-0.39, 0.29) is 24.4 Å². The summed E-state index contributed by atoms with van der Waals surface area (Å²) in [5.41, 5.74) is 7.50. The Morgan fingerprint density at radius 3 is 2.68 bits per heavy atom. The molecule has 1 heterocycles. The molecular weight excluding hydrogens is 396 g/mol. The van der Waals surface area contributed by atoms with Crippen molar-refractivity contribution in [3.05, 3.63) is 62.4 Å². The number of nitrogens with zero attached hydrogens (tertiary/aromatic N) is 2. The van der Waals surface area contributed by atoms with Crippen molar-refractivity contribution >= 4 is 26.8 Å². The number of rotatable bonds is 5. The Morgan fingerprint density at radius 2 is 2.00 bits per heavy atom. The minimum Gasteiger partial charge on any atom is -0.434 e. The molecule has 0 saturated heterocycles. The monoisotopic (exact) mass is 411 g/mol. The van der Waals surface area contributed by atoms with Crippen LogP contribution in [0.25, 0.3) is 10.9 Å². The molecule has 0 spiro atoms. The molecule has 0 radical (unpaired) electrons. The molecule has 1 aromatic heterocycles. The van der Waals surface area contributed by atoms with Crippen LogP contribution in [0.2, 0.25) is 0 Å². The molecule has 132 valence electrons. The Bertz CT molecular complexity index is 982. The normalized spacial score (nSPS) is 11.4. The van der Waals surface area contributed by atoms with Crippen molar-refractivity contribution in [3.8, 4) is 5.75 Å². The van der Waals surface area contributed by atoms with Gasteiger partial charge in [0.25, 0.3) is 5.56 Å². The van der Waals surface area contributed by atoms with Crippen molar-refractivity contribution < 1.29 is 13.5 Å². The van der Waals surface area contributed by atoms with E-state index in [0.717, 1.165) is 10.0 Å². The molecule has 3 rings (SSSR count). The number of hydrogen-bond donors (Lipinski definition) is 1. The molecule has 0 unspecified atom stereocenters. The number of ether oxygens (including phenoxy) is 1. The first kappa shape index (κ1) is 17.6. The summed E-state index contributed by atoms with van der Waals surface area (Å²) in [6.45, 7) is -2.46. The van der Waals surface area contributed by atoms with Crippen LogP contribution >= 0.6 is 15.9 Å². The number of aromatic nitrogens is 2. The van der Waals surface area contributed by atoms with Crippen molar-refractivity contribution in [1.82, 2.24) is 9.36 Å². The van der Waals surface area contributed by atoms with Gasteiger partial charge in [-0.3, -0.25) is 14.2 Å². The highest BCUT2D eigenvalue weighted by Gasteiger charge is 2.15. The zero-order valence-corrected chi connectivity index (χ0v) is 15.0. The maximum absolute atomic E-state index is 12.7. The molecule has 0 saturated carbocycles. The Kier molecular flexibility index (Phi) is 4.91. The van der Waals surface area contributed by atoms with Crippen LogP contribution in [-0.2, 0) is 20.1 Å². The second-order valence-electron chi connectivity index (χ2n) is 5.57. The van der Waals surface area contributed by atoms with Gasteiger partial charge in [-0.2, -0.15) is 8.78 Å². The zero-order valence-electron chi connectivity index (χ0n) is 13.4. The third-order valence-corrected chi connectivity index (χ3v) is 4.51. The number of nitrogens with two attached hydrogens (primary N) is 1. The van der Waals surface area contributed by atoms with Gasteiger partial charge in [-0.25, -0.2) is 0 Å². The predicted molar refractivity (Wildman–Crippen MR) is 94.9 cm³/mol. The van der Waals surface area contributed by atoms with Gasteiger partial charge in [0.1, 0.15) is 5.75 Å².